The zero-order chi connectivity index (χ0) is 26.8. The third-order valence-electron chi connectivity index (χ3n) is 5.34. The van der Waals surface area contributed by atoms with Gasteiger partial charge in [0, 0.05) is 36.3 Å². The number of nitro benzene ring substituents is 1. The fourth-order valence-corrected chi connectivity index (χ4v) is 3.25. The van der Waals surface area contributed by atoms with Gasteiger partial charge in [0.2, 0.25) is 5.91 Å². The number of anilines is 2. The van der Waals surface area contributed by atoms with E-state index >= 15 is 0 Å². The number of non-ortho nitro benzene ring substituents is 1. The van der Waals surface area contributed by atoms with E-state index < -0.39 is 23.4 Å². The number of aryl methyl sites for hydroxylation is 2. The Bertz CT molecular complexity index is 1290. The fraction of sp³-hybridized carbons (Fsp3) is 0.222. The normalized spacial score (nSPS) is 10.3. The van der Waals surface area contributed by atoms with E-state index in [1.807, 2.05) is 32.0 Å². The molecule has 0 saturated heterocycles. The van der Waals surface area contributed by atoms with E-state index in [-0.39, 0.29) is 36.5 Å². The molecule has 3 rings (SSSR count). The third-order valence-corrected chi connectivity index (χ3v) is 5.34. The minimum absolute atomic E-state index is 0.0414. The Hall–Kier alpha value is -4.73. The number of ether oxygens (including phenoxy) is 2. The van der Waals surface area contributed by atoms with E-state index in [9.17, 15) is 24.5 Å². The first-order chi connectivity index (χ1) is 17.7. The SMILES string of the molecule is Cc1ccc(Oc2ccc(NC(=O)CCCC(=O)OCC(=O)Nc3cccc([N+](=O)[O-])c3)cc2)cc1C. The topological polar surface area (TPSA) is 137 Å². The molecule has 0 heterocycles. The molecule has 0 unspecified atom stereocenters. The van der Waals surface area contributed by atoms with Crippen molar-refractivity contribution in [3.63, 3.8) is 0 Å². The standard InChI is InChI=1S/C27H27N3O7/c1-18-9-12-24(15-19(18)2)37-23-13-10-20(11-14-23)28-25(31)7-4-8-27(33)36-17-26(32)29-21-5-3-6-22(16-21)30(34)35/h3,5-6,9-16H,4,7-8,17H2,1-2H3,(H,28,31)(H,29,32). The number of nitrogens with one attached hydrogen (secondary N) is 2. The van der Waals surface area contributed by atoms with Gasteiger partial charge in [-0.3, -0.25) is 24.5 Å². The molecular weight excluding hydrogens is 478 g/mol. The number of carbonyl (C=O) groups excluding carboxylic acids is 3. The van der Waals surface area contributed by atoms with Crippen LogP contribution >= 0.6 is 0 Å². The van der Waals surface area contributed by atoms with E-state index in [1.54, 1.807) is 24.3 Å². The molecule has 0 fully saturated rings. The van der Waals surface area contributed by atoms with Crippen LogP contribution in [0.3, 0.4) is 0 Å². The first-order valence-corrected chi connectivity index (χ1v) is 11.5. The second-order valence-corrected chi connectivity index (χ2v) is 8.29. The van der Waals surface area contributed by atoms with E-state index in [1.165, 1.54) is 29.8 Å². The molecule has 0 aliphatic rings. The average Bonchev–Trinajstić information content (AvgIpc) is 2.86. The monoisotopic (exact) mass is 505 g/mol. The zero-order valence-electron chi connectivity index (χ0n) is 20.5. The van der Waals surface area contributed by atoms with Crippen molar-refractivity contribution in [3.8, 4) is 11.5 Å². The number of nitrogens with zero attached hydrogens (tertiary/aromatic N) is 1. The van der Waals surface area contributed by atoms with E-state index in [0.717, 1.165) is 11.3 Å². The molecular formula is C27H27N3O7. The largest absolute Gasteiger partial charge is 0.457 e. The highest BCUT2D eigenvalue weighted by molar-refractivity contribution is 5.93. The maximum absolute atomic E-state index is 12.2. The summed E-state index contributed by atoms with van der Waals surface area (Å²) in [7, 11) is 0. The molecule has 2 N–H and O–H groups in total. The number of rotatable bonds is 11. The summed E-state index contributed by atoms with van der Waals surface area (Å²) in [4.78, 5) is 46.2. The Morgan fingerprint density at radius 3 is 2.22 bits per heavy atom. The van der Waals surface area contributed by atoms with Crippen molar-refractivity contribution in [2.75, 3.05) is 17.2 Å². The van der Waals surface area contributed by atoms with Crippen molar-refractivity contribution >= 4 is 34.8 Å². The van der Waals surface area contributed by atoms with Gasteiger partial charge < -0.3 is 20.1 Å². The van der Waals surface area contributed by atoms with Crippen LogP contribution in [0.2, 0.25) is 0 Å². The van der Waals surface area contributed by atoms with Crippen molar-refractivity contribution in [2.24, 2.45) is 0 Å². The van der Waals surface area contributed by atoms with Crippen molar-refractivity contribution in [1.82, 2.24) is 0 Å². The van der Waals surface area contributed by atoms with Gasteiger partial charge >= 0.3 is 5.97 Å². The third kappa shape index (κ3) is 8.77. The Morgan fingerprint density at radius 1 is 0.811 bits per heavy atom. The molecule has 0 aliphatic heterocycles. The number of hydrogen-bond acceptors (Lipinski definition) is 7. The number of hydrogen-bond donors (Lipinski definition) is 2. The predicted octanol–water partition coefficient (Wildman–Crippen LogP) is 5.29. The van der Waals surface area contributed by atoms with Gasteiger partial charge in [-0.1, -0.05) is 12.1 Å². The second kappa shape index (κ2) is 12.8. The van der Waals surface area contributed by atoms with E-state index in [2.05, 4.69) is 10.6 Å². The molecule has 10 heteroatoms. The van der Waals surface area contributed by atoms with Gasteiger partial charge in [-0.05, 0) is 73.9 Å². The highest BCUT2D eigenvalue weighted by Gasteiger charge is 2.12. The number of benzene rings is 3. The van der Waals surface area contributed by atoms with Crippen LogP contribution in [0.5, 0.6) is 11.5 Å². The van der Waals surface area contributed by atoms with E-state index in [0.29, 0.717) is 11.4 Å². The van der Waals surface area contributed by atoms with Crippen molar-refractivity contribution in [3.05, 3.63) is 88.0 Å². The van der Waals surface area contributed by atoms with Gasteiger partial charge in [-0.25, -0.2) is 0 Å². The van der Waals surface area contributed by atoms with Crippen LogP contribution in [0.1, 0.15) is 30.4 Å². The Balaban J connectivity index is 1.34. The molecule has 0 radical (unpaired) electrons. The lowest BCUT2D eigenvalue weighted by molar-refractivity contribution is -0.384. The summed E-state index contributed by atoms with van der Waals surface area (Å²) >= 11 is 0. The fourth-order valence-electron chi connectivity index (χ4n) is 3.25. The van der Waals surface area contributed by atoms with Crippen LogP contribution in [-0.4, -0.2) is 29.3 Å². The molecule has 0 spiro atoms. The lowest BCUT2D eigenvalue weighted by Crippen LogP contribution is -2.21. The Kier molecular flexibility index (Phi) is 9.31. The van der Waals surface area contributed by atoms with Gasteiger partial charge in [-0.15, -0.1) is 0 Å². The molecule has 192 valence electrons. The summed E-state index contributed by atoms with van der Waals surface area (Å²) in [6.07, 6.45) is 0.293. The van der Waals surface area contributed by atoms with Gasteiger partial charge in [-0.2, -0.15) is 0 Å². The number of nitro groups is 1. The van der Waals surface area contributed by atoms with Gasteiger partial charge in [0.1, 0.15) is 11.5 Å². The highest BCUT2D eigenvalue weighted by Crippen LogP contribution is 2.25. The van der Waals surface area contributed by atoms with Gasteiger partial charge in [0.15, 0.2) is 6.61 Å². The van der Waals surface area contributed by atoms with Crippen LogP contribution < -0.4 is 15.4 Å². The number of amides is 2. The lowest BCUT2D eigenvalue weighted by atomic mass is 10.1. The summed E-state index contributed by atoms with van der Waals surface area (Å²) in [6, 6.07) is 18.2. The molecule has 10 nitrogen and oxygen atoms in total. The smallest absolute Gasteiger partial charge is 0.306 e. The molecule has 3 aromatic rings. The summed E-state index contributed by atoms with van der Waals surface area (Å²) in [5.74, 6) is -0.155. The molecule has 0 aromatic heterocycles. The zero-order valence-corrected chi connectivity index (χ0v) is 20.5. The summed E-state index contributed by atoms with van der Waals surface area (Å²) in [5.41, 5.74) is 2.96. The second-order valence-electron chi connectivity index (χ2n) is 8.29. The molecule has 0 bridgehead atoms. The first-order valence-electron chi connectivity index (χ1n) is 11.5. The van der Waals surface area contributed by atoms with Crippen LogP contribution in [0.4, 0.5) is 17.1 Å². The maximum Gasteiger partial charge on any atom is 0.306 e. The van der Waals surface area contributed by atoms with E-state index in [4.69, 9.17) is 9.47 Å². The van der Waals surface area contributed by atoms with Gasteiger partial charge in [0.05, 0.1) is 4.92 Å². The lowest BCUT2D eigenvalue weighted by Gasteiger charge is -2.10. The summed E-state index contributed by atoms with van der Waals surface area (Å²) in [6.45, 7) is 3.51. The van der Waals surface area contributed by atoms with Crippen molar-refractivity contribution in [1.29, 1.82) is 0 Å². The minimum Gasteiger partial charge on any atom is -0.457 e. The Labute approximate surface area is 213 Å². The number of esters is 1. The first kappa shape index (κ1) is 26.9. The Morgan fingerprint density at radius 2 is 1.51 bits per heavy atom. The summed E-state index contributed by atoms with van der Waals surface area (Å²) in [5, 5.41) is 16.0. The van der Waals surface area contributed by atoms with Crippen LogP contribution in [0.15, 0.2) is 66.7 Å². The van der Waals surface area contributed by atoms with Gasteiger partial charge in [0.25, 0.3) is 11.6 Å². The van der Waals surface area contributed by atoms with Crippen LogP contribution in [0.25, 0.3) is 0 Å². The molecule has 0 aliphatic carbocycles. The van der Waals surface area contributed by atoms with Crippen LogP contribution in [0, 0.1) is 24.0 Å². The average molecular weight is 506 g/mol. The molecule has 0 saturated carbocycles. The summed E-state index contributed by atoms with van der Waals surface area (Å²) < 4.78 is 10.7. The van der Waals surface area contributed by atoms with Crippen molar-refractivity contribution < 1.29 is 28.8 Å². The van der Waals surface area contributed by atoms with Crippen molar-refractivity contribution in [2.45, 2.75) is 33.1 Å². The predicted molar refractivity (Wildman–Crippen MR) is 138 cm³/mol. The molecule has 2 amide bonds. The maximum atomic E-state index is 12.2. The molecule has 0 atom stereocenters. The molecule has 37 heavy (non-hydrogen) atoms. The molecule has 3 aromatic carbocycles. The highest BCUT2D eigenvalue weighted by atomic mass is 16.6. The minimum atomic E-state index is -0.630. The number of carbonyl (C=O) groups is 3. The van der Waals surface area contributed by atoms with Crippen LogP contribution in [-0.2, 0) is 19.1 Å². The quantitative estimate of drug-likeness (QED) is 0.205.